The van der Waals surface area contributed by atoms with Gasteiger partial charge in [0.25, 0.3) is 17.5 Å². The average Bonchev–Trinajstić information content (AvgIpc) is 3.54. The fourth-order valence-electron chi connectivity index (χ4n) is 3.70. The summed E-state index contributed by atoms with van der Waals surface area (Å²) in [7, 11) is 1.46. The number of methoxy groups -OCH3 is 1. The molecule has 3 aromatic rings. The van der Waals surface area contributed by atoms with Crippen LogP contribution in [0.3, 0.4) is 0 Å². The van der Waals surface area contributed by atoms with Gasteiger partial charge in [0.2, 0.25) is 0 Å². The fraction of sp³-hybridized carbons (Fsp3) is 0.217. The molecule has 170 valence electrons. The van der Waals surface area contributed by atoms with Crippen LogP contribution in [0.25, 0.3) is 0 Å². The number of anilines is 3. The van der Waals surface area contributed by atoms with Crippen LogP contribution in [-0.2, 0) is 0 Å². The van der Waals surface area contributed by atoms with E-state index in [2.05, 4.69) is 10.6 Å². The van der Waals surface area contributed by atoms with Crippen LogP contribution in [0.1, 0.15) is 32.9 Å². The van der Waals surface area contributed by atoms with Gasteiger partial charge in [-0.3, -0.25) is 19.7 Å². The molecule has 0 saturated carbocycles. The van der Waals surface area contributed by atoms with Gasteiger partial charge < -0.3 is 20.3 Å². The topological polar surface area (TPSA) is 114 Å². The number of nitro groups is 1. The van der Waals surface area contributed by atoms with Crippen molar-refractivity contribution in [1.82, 2.24) is 0 Å². The van der Waals surface area contributed by atoms with Gasteiger partial charge in [0, 0.05) is 36.5 Å². The van der Waals surface area contributed by atoms with E-state index in [1.54, 1.807) is 42.5 Å². The number of benzene rings is 2. The van der Waals surface area contributed by atoms with Gasteiger partial charge in [-0.1, -0.05) is 6.07 Å². The first kappa shape index (κ1) is 22.3. The Hall–Kier alpha value is -3.92. The first-order valence-corrected chi connectivity index (χ1v) is 11.2. The van der Waals surface area contributed by atoms with Gasteiger partial charge in [-0.15, -0.1) is 11.3 Å². The number of amides is 2. The smallest absolute Gasteiger partial charge is 0.293 e. The van der Waals surface area contributed by atoms with Crippen LogP contribution in [0.15, 0.2) is 53.9 Å². The zero-order chi connectivity index (χ0) is 23.4. The molecule has 33 heavy (non-hydrogen) atoms. The summed E-state index contributed by atoms with van der Waals surface area (Å²) in [4.78, 5) is 38.8. The lowest BCUT2D eigenvalue weighted by molar-refractivity contribution is -0.384. The van der Waals surface area contributed by atoms with Crippen LogP contribution in [-0.4, -0.2) is 36.9 Å². The maximum Gasteiger partial charge on any atom is 0.293 e. The normalized spacial score (nSPS) is 12.9. The minimum absolute atomic E-state index is 0.0891. The van der Waals surface area contributed by atoms with E-state index in [0.29, 0.717) is 27.7 Å². The minimum Gasteiger partial charge on any atom is -0.494 e. The number of carbonyl (C=O) groups is 2. The molecule has 0 atom stereocenters. The van der Waals surface area contributed by atoms with Gasteiger partial charge in [0.1, 0.15) is 11.4 Å². The van der Waals surface area contributed by atoms with E-state index in [9.17, 15) is 19.7 Å². The van der Waals surface area contributed by atoms with Crippen LogP contribution in [0.4, 0.5) is 22.7 Å². The molecule has 0 aliphatic carbocycles. The Morgan fingerprint density at radius 3 is 2.52 bits per heavy atom. The van der Waals surface area contributed by atoms with Crippen LogP contribution in [0, 0.1) is 10.1 Å². The summed E-state index contributed by atoms with van der Waals surface area (Å²) >= 11 is 1.32. The monoisotopic (exact) mass is 466 g/mol. The number of nitrogens with one attached hydrogen (secondary N) is 2. The Balaban J connectivity index is 1.51. The third-order valence-electron chi connectivity index (χ3n) is 5.33. The molecule has 1 saturated heterocycles. The molecule has 1 aliphatic heterocycles. The fourth-order valence-corrected chi connectivity index (χ4v) is 4.32. The van der Waals surface area contributed by atoms with E-state index in [4.69, 9.17) is 4.74 Å². The number of thiophene rings is 1. The Kier molecular flexibility index (Phi) is 6.55. The first-order valence-electron chi connectivity index (χ1n) is 10.3. The Morgan fingerprint density at radius 2 is 1.85 bits per heavy atom. The van der Waals surface area contributed by atoms with Gasteiger partial charge in [-0.05, 0) is 48.6 Å². The molecule has 1 aliphatic rings. The predicted molar refractivity (Wildman–Crippen MR) is 128 cm³/mol. The number of nitrogens with zero attached hydrogens (tertiary/aromatic N) is 2. The second kappa shape index (κ2) is 9.70. The van der Waals surface area contributed by atoms with Gasteiger partial charge in [0.15, 0.2) is 0 Å². The van der Waals surface area contributed by atoms with Crippen molar-refractivity contribution in [3.05, 3.63) is 74.5 Å². The van der Waals surface area contributed by atoms with Crippen molar-refractivity contribution in [2.45, 2.75) is 12.8 Å². The quantitative estimate of drug-likeness (QED) is 0.383. The molecule has 9 nitrogen and oxygen atoms in total. The second-order valence-electron chi connectivity index (χ2n) is 7.46. The molecule has 0 unspecified atom stereocenters. The molecule has 0 spiro atoms. The van der Waals surface area contributed by atoms with E-state index in [1.807, 2.05) is 10.3 Å². The van der Waals surface area contributed by atoms with Crippen molar-refractivity contribution >= 4 is 45.9 Å². The number of ether oxygens (including phenoxy) is 1. The van der Waals surface area contributed by atoms with Gasteiger partial charge in [-0.25, -0.2) is 0 Å². The van der Waals surface area contributed by atoms with Crippen molar-refractivity contribution < 1.29 is 19.2 Å². The average molecular weight is 467 g/mol. The summed E-state index contributed by atoms with van der Waals surface area (Å²) < 4.78 is 5.36. The second-order valence-corrected chi connectivity index (χ2v) is 8.40. The maximum atomic E-state index is 12.8. The van der Waals surface area contributed by atoms with Crippen LogP contribution >= 0.6 is 11.3 Å². The number of nitro benzene ring substituents is 1. The number of carbonyl (C=O) groups excluding carboxylic acids is 2. The lowest BCUT2D eigenvalue weighted by Crippen LogP contribution is -2.20. The van der Waals surface area contributed by atoms with E-state index in [-0.39, 0.29) is 17.2 Å². The molecule has 2 heterocycles. The van der Waals surface area contributed by atoms with Crippen molar-refractivity contribution in [2.75, 3.05) is 35.7 Å². The molecular weight excluding hydrogens is 444 g/mol. The van der Waals surface area contributed by atoms with Crippen LogP contribution in [0.2, 0.25) is 0 Å². The summed E-state index contributed by atoms with van der Waals surface area (Å²) in [5, 5.41) is 18.9. The number of hydrogen-bond donors (Lipinski definition) is 2. The number of hydrogen-bond acceptors (Lipinski definition) is 7. The zero-order valence-electron chi connectivity index (χ0n) is 17.9. The molecule has 1 fully saturated rings. The molecule has 2 amide bonds. The van der Waals surface area contributed by atoms with Crippen molar-refractivity contribution in [3.63, 3.8) is 0 Å². The SMILES string of the molecule is COc1cc(NC(=O)c2ccc(N3CCCC3)c([N+](=O)[O-])c2)ccc1NC(=O)c1cccs1. The molecule has 0 bridgehead atoms. The molecule has 2 N–H and O–H groups in total. The standard InChI is InChI=1S/C23H22N4O5S/c1-32-20-14-16(7-8-17(20)25-23(29)21-5-4-12-33-21)24-22(28)15-6-9-18(19(13-15)27(30)31)26-10-2-3-11-26/h4-9,12-14H,2-3,10-11H2,1H3,(H,24,28)(H,25,29). The molecule has 2 aromatic carbocycles. The van der Waals surface area contributed by atoms with Crippen LogP contribution < -0.4 is 20.3 Å². The Morgan fingerprint density at radius 1 is 1.06 bits per heavy atom. The lowest BCUT2D eigenvalue weighted by Gasteiger charge is -2.18. The van der Waals surface area contributed by atoms with Crippen molar-refractivity contribution in [2.24, 2.45) is 0 Å². The summed E-state index contributed by atoms with van der Waals surface area (Å²) in [6.45, 7) is 1.53. The summed E-state index contributed by atoms with van der Waals surface area (Å²) in [6.07, 6.45) is 1.98. The van der Waals surface area contributed by atoms with Gasteiger partial charge >= 0.3 is 0 Å². The highest BCUT2D eigenvalue weighted by Crippen LogP contribution is 2.33. The van der Waals surface area contributed by atoms with Crippen molar-refractivity contribution in [1.29, 1.82) is 0 Å². The molecular formula is C23H22N4O5S. The Labute approximate surface area is 194 Å². The third-order valence-corrected chi connectivity index (χ3v) is 6.20. The lowest BCUT2D eigenvalue weighted by atomic mass is 10.1. The summed E-state index contributed by atoms with van der Waals surface area (Å²) in [5.74, 6) is -0.373. The van der Waals surface area contributed by atoms with E-state index in [0.717, 1.165) is 25.9 Å². The van der Waals surface area contributed by atoms with Gasteiger partial charge in [0.05, 0.1) is 22.6 Å². The largest absolute Gasteiger partial charge is 0.494 e. The minimum atomic E-state index is -0.483. The third kappa shape index (κ3) is 4.96. The molecule has 10 heteroatoms. The highest BCUT2D eigenvalue weighted by molar-refractivity contribution is 7.12. The summed E-state index contributed by atoms with van der Waals surface area (Å²) in [5.41, 5.74) is 1.51. The van der Waals surface area contributed by atoms with E-state index < -0.39 is 10.8 Å². The first-order chi connectivity index (χ1) is 16.0. The predicted octanol–water partition coefficient (Wildman–Crippen LogP) is 4.77. The van der Waals surface area contributed by atoms with Crippen LogP contribution in [0.5, 0.6) is 5.75 Å². The molecule has 4 rings (SSSR count). The van der Waals surface area contributed by atoms with E-state index >= 15 is 0 Å². The molecule has 0 radical (unpaired) electrons. The molecule has 1 aromatic heterocycles. The number of rotatable bonds is 7. The highest BCUT2D eigenvalue weighted by atomic mass is 32.1. The van der Waals surface area contributed by atoms with Crippen molar-refractivity contribution in [3.8, 4) is 5.75 Å². The maximum absolute atomic E-state index is 12.8. The Bertz CT molecular complexity index is 1190. The van der Waals surface area contributed by atoms with E-state index in [1.165, 1.54) is 24.5 Å². The highest BCUT2D eigenvalue weighted by Gasteiger charge is 2.24. The zero-order valence-corrected chi connectivity index (χ0v) is 18.7. The summed E-state index contributed by atoms with van der Waals surface area (Å²) in [6, 6.07) is 12.8. The van der Waals surface area contributed by atoms with Gasteiger partial charge in [-0.2, -0.15) is 0 Å².